The predicted octanol–water partition coefficient (Wildman–Crippen LogP) is 3.91. The summed E-state index contributed by atoms with van der Waals surface area (Å²) in [6, 6.07) is 16.0. The zero-order chi connectivity index (χ0) is 20.2. The molecule has 1 aromatic heterocycles. The molecule has 1 unspecified atom stereocenters. The predicted molar refractivity (Wildman–Crippen MR) is 115 cm³/mol. The Bertz CT molecular complexity index is 986. The fraction of sp³-hybridized carbons (Fsp3) is 0.304. The summed E-state index contributed by atoms with van der Waals surface area (Å²) in [5.74, 6) is -0.240. The van der Waals surface area contributed by atoms with Crippen molar-refractivity contribution >= 4 is 28.2 Å². The molecule has 6 heteroatoms. The van der Waals surface area contributed by atoms with E-state index in [2.05, 4.69) is 20.1 Å². The van der Waals surface area contributed by atoms with Crippen molar-refractivity contribution in [3.63, 3.8) is 0 Å². The van der Waals surface area contributed by atoms with Gasteiger partial charge < -0.3 is 10.2 Å². The summed E-state index contributed by atoms with van der Waals surface area (Å²) in [6.07, 6.45) is 2.70. The molecule has 1 fully saturated rings. The molecule has 1 N–H and O–H groups in total. The van der Waals surface area contributed by atoms with Crippen LogP contribution in [0.25, 0.3) is 10.9 Å². The standard InChI is InChI=1S/C23H25FN4O/c1-17(23(29)26-22-7-2-6-21-20(22)5-3-12-25-21)27-13-4-14-28(16-15-27)19-10-8-18(24)9-11-19/h2-3,5-12,17H,4,13-16H2,1H3,(H,26,29). The van der Waals surface area contributed by atoms with Gasteiger partial charge in [0.15, 0.2) is 0 Å². The van der Waals surface area contributed by atoms with Gasteiger partial charge >= 0.3 is 0 Å². The zero-order valence-corrected chi connectivity index (χ0v) is 16.5. The smallest absolute Gasteiger partial charge is 0.241 e. The van der Waals surface area contributed by atoms with E-state index in [4.69, 9.17) is 0 Å². The summed E-state index contributed by atoms with van der Waals surface area (Å²) in [4.78, 5) is 21.7. The number of carbonyl (C=O) groups is 1. The highest BCUT2D eigenvalue weighted by Gasteiger charge is 2.24. The van der Waals surface area contributed by atoms with Gasteiger partial charge in [0.05, 0.1) is 17.2 Å². The van der Waals surface area contributed by atoms with Gasteiger partial charge in [-0.1, -0.05) is 6.07 Å². The van der Waals surface area contributed by atoms with E-state index < -0.39 is 0 Å². The van der Waals surface area contributed by atoms with E-state index in [-0.39, 0.29) is 17.8 Å². The van der Waals surface area contributed by atoms with Crippen LogP contribution >= 0.6 is 0 Å². The Hall–Kier alpha value is -2.99. The Morgan fingerprint density at radius 3 is 2.69 bits per heavy atom. The van der Waals surface area contributed by atoms with Gasteiger partial charge in [-0.2, -0.15) is 0 Å². The van der Waals surface area contributed by atoms with Crippen LogP contribution in [-0.2, 0) is 4.79 Å². The number of amides is 1. The van der Waals surface area contributed by atoms with E-state index in [1.54, 1.807) is 6.20 Å². The summed E-state index contributed by atoms with van der Waals surface area (Å²) in [6.45, 7) is 5.28. The van der Waals surface area contributed by atoms with Gasteiger partial charge in [-0.15, -0.1) is 0 Å². The molecule has 0 bridgehead atoms. The van der Waals surface area contributed by atoms with Crippen LogP contribution in [0.15, 0.2) is 60.8 Å². The number of nitrogens with one attached hydrogen (secondary N) is 1. The van der Waals surface area contributed by atoms with Gasteiger partial charge in [-0.25, -0.2) is 4.39 Å². The Balaban J connectivity index is 1.41. The molecule has 2 aromatic carbocycles. The summed E-state index contributed by atoms with van der Waals surface area (Å²) in [5, 5.41) is 4.01. The molecule has 0 saturated carbocycles. The maximum absolute atomic E-state index is 13.2. The molecule has 1 atom stereocenters. The van der Waals surface area contributed by atoms with Crippen molar-refractivity contribution in [3.8, 4) is 0 Å². The Kier molecular flexibility index (Phi) is 5.71. The first kappa shape index (κ1) is 19.3. The first-order valence-corrected chi connectivity index (χ1v) is 10.0. The number of aromatic nitrogens is 1. The number of nitrogens with zero attached hydrogens (tertiary/aromatic N) is 3. The highest BCUT2D eigenvalue weighted by atomic mass is 19.1. The largest absolute Gasteiger partial charge is 0.370 e. The topological polar surface area (TPSA) is 48.5 Å². The fourth-order valence-electron chi connectivity index (χ4n) is 3.85. The number of anilines is 2. The Morgan fingerprint density at radius 2 is 1.86 bits per heavy atom. The number of rotatable bonds is 4. The summed E-state index contributed by atoms with van der Waals surface area (Å²) < 4.78 is 13.2. The molecule has 150 valence electrons. The zero-order valence-electron chi connectivity index (χ0n) is 16.5. The quantitative estimate of drug-likeness (QED) is 0.731. The van der Waals surface area contributed by atoms with E-state index in [0.717, 1.165) is 54.9 Å². The van der Waals surface area contributed by atoms with E-state index in [9.17, 15) is 9.18 Å². The fourth-order valence-corrected chi connectivity index (χ4v) is 3.85. The minimum absolute atomic E-state index is 0.0171. The molecule has 1 saturated heterocycles. The molecule has 0 aliphatic carbocycles. The molecule has 4 rings (SSSR count). The number of halogens is 1. The van der Waals surface area contributed by atoms with Crippen molar-refractivity contribution in [2.45, 2.75) is 19.4 Å². The molecule has 5 nitrogen and oxygen atoms in total. The normalized spacial score (nSPS) is 16.4. The van der Waals surface area contributed by atoms with E-state index in [1.165, 1.54) is 12.1 Å². The Morgan fingerprint density at radius 1 is 1.03 bits per heavy atom. The lowest BCUT2D eigenvalue weighted by Crippen LogP contribution is -2.44. The van der Waals surface area contributed by atoms with E-state index in [0.29, 0.717) is 0 Å². The van der Waals surface area contributed by atoms with E-state index >= 15 is 0 Å². The third kappa shape index (κ3) is 4.38. The van der Waals surface area contributed by atoms with Crippen LogP contribution in [0.5, 0.6) is 0 Å². The number of pyridine rings is 1. The summed E-state index contributed by atoms with van der Waals surface area (Å²) in [7, 11) is 0. The second kappa shape index (κ2) is 8.57. The van der Waals surface area contributed by atoms with Gasteiger partial charge in [0, 0.05) is 43.4 Å². The molecule has 1 aliphatic rings. The molecular formula is C23H25FN4O. The first-order chi connectivity index (χ1) is 14.1. The average molecular weight is 392 g/mol. The maximum Gasteiger partial charge on any atom is 0.241 e. The molecule has 1 amide bonds. The van der Waals surface area contributed by atoms with Gasteiger partial charge in [0.25, 0.3) is 0 Å². The third-order valence-electron chi connectivity index (χ3n) is 5.55. The van der Waals surface area contributed by atoms with Crippen molar-refractivity contribution in [1.29, 1.82) is 0 Å². The molecule has 1 aliphatic heterocycles. The highest BCUT2D eigenvalue weighted by molar-refractivity contribution is 6.02. The lowest BCUT2D eigenvalue weighted by molar-refractivity contribution is -0.120. The Labute approximate surface area is 170 Å². The number of fused-ring (bicyclic) bond motifs is 1. The average Bonchev–Trinajstić information content (AvgIpc) is 3.00. The number of hydrogen-bond donors (Lipinski definition) is 1. The summed E-state index contributed by atoms with van der Waals surface area (Å²) >= 11 is 0. The van der Waals surface area contributed by atoms with Crippen LogP contribution < -0.4 is 10.2 Å². The van der Waals surface area contributed by atoms with Crippen molar-refractivity contribution in [1.82, 2.24) is 9.88 Å². The van der Waals surface area contributed by atoms with Gasteiger partial charge in [0.2, 0.25) is 5.91 Å². The molecule has 3 aromatic rings. The lowest BCUT2D eigenvalue weighted by atomic mass is 10.1. The second-order valence-corrected chi connectivity index (χ2v) is 7.39. The van der Waals surface area contributed by atoms with Crippen molar-refractivity contribution in [2.75, 3.05) is 36.4 Å². The monoisotopic (exact) mass is 392 g/mol. The van der Waals surface area contributed by atoms with Crippen LogP contribution in [0, 0.1) is 5.82 Å². The maximum atomic E-state index is 13.2. The first-order valence-electron chi connectivity index (χ1n) is 10.0. The summed E-state index contributed by atoms with van der Waals surface area (Å²) in [5.41, 5.74) is 2.67. The number of hydrogen-bond acceptors (Lipinski definition) is 4. The second-order valence-electron chi connectivity index (χ2n) is 7.39. The van der Waals surface area contributed by atoms with Crippen molar-refractivity contribution in [2.24, 2.45) is 0 Å². The van der Waals surface area contributed by atoms with Crippen LogP contribution in [0.4, 0.5) is 15.8 Å². The van der Waals surface area contributed by atoms with Crippen LogP contribution in [0.2, 0.25) is 0 Å². The molecule has 0 radical (unpaired) electrons. The van der Waals surface area contributed by atoms with Gasteiger partial charge in [-0.3, -0.25) is 14.7 Å². The van der Waals surface area contributed by atoms with Gasteiger partial charge in [-0.05, 0) is 61.9 Å². The molecule has 2 heterocycles. The lowest BCUT2D eigenvalue weighted by Gasteiger charge is -2.27. The van der Waals surface area contributed by atoms with Crippen LogP contribution in [-0.4, -0.2) is 48.0 Å². The molecule has 29 heavy (non-hydrogen) atoms. The minimum atomic E-state index is -0.241. The molecular weight excluding hydrogens is 367 g/mol. The van der Waals surface area contributed by atoms with Crippen molar-refractivity contribution in [3.05, 3.63) is 66.6 Å². The SMILES string of the molecule is CC(C(=O)Nc1cccc2ncccc12)N1CCCN(c2ccc(F)cc2)CC1. The number of carbonyl (C=O) groups excluding carboxylic acids is 1. The van der Waals surface area contributed by atoms with Crippen molar-refractivity contribution < 1.29 is 9.18 Å². The van der Waals surface area contributed by atoms with Crippen LogP contribution in [0.3, 0.4) is 0 Å². The van der Waals surface area contributed by atoms with Crippen LogP contribution in [0.1, 0.15) is 13.3 Å². The third-order valence-corrected chi connectivity index (χ3v) is 5.55. The van der Waals surface area contributed by atoms with Gasteiger partial charge in [0.1, 0.15) is 5.82 Å². The van der Waals surface area contributed by atoms with E-state index in [1.807, 2.05) is 49.4 Å². The highest BCUT2D eigenvalue weighted by Crippen LogP contribution is 2.22. The minimum Gasteiger partial charge on any atom is -0.370 e. The molecule has 0 spiro atoms. The number of benzene rings is 2.